The van der Waals surface area contributed by atoms with Gasteiger partial charge in [-0.3, -0.25) is 4.79 Å². The summed E-state index contributed by atoms with van der Waals surface area (Å²) in [7, 11) is 1.12. The second-order valence-electron chi connectivity index (χ2n) is 7.53. The van der Waals surface area contributed by atoms with E-state index < -0.39 is 14.4 Å². The summed E-state index contributed by atoms with van der Waals surface area (Å²) in [6, 6.07) is 0. The summed E-state index contributed by atoms with van der Waals surface area (Å²) in [5, 5.41) is 4.08. The van der Waals surface area contributed by atoms with Crippen molar-refractivity contribution in [1.82, 2.24) is 0 Å². The summed E-state index contributed by atoms with van der Waals surface area (Å²) in [5.41, 5.74) is 0.852. The van der Waals surface area contributed by atoms with Gasteiger partial charge < -0.3 is 14.0 Å². The van der Waals surface area contributed by atoms with Crippen molar-refractivity contribution in [2.75, 3.05) is 14.2 Å². The highest BCUT2D eigenvalue weighted by atomic mass is 28.4. The van der Waals surface area contributed by atoms with Gasteiger partial charge >= 0.3 is 0 Å². The molecule has 0 spiro atoms. The number of Topliss-reactive ketones (excluding diaryl/α,β-unsaturated/α-hetero) is 1. The molecule has 6 heteroatoms. The Kier molecular flexibility index (Phi) is 6.35. The smallest absolute Gasteiger partial charge is 0.193 e. The molecule has 128 valence electrons. The van der Waals surface area contributed by atoms with E-state index in [9.17, 15) is 4.79 Å². The summed E-state index contributed by atoms with van der Waals surface area (Å²) in [6.07, 6.45) is 0.425. The van der Waals surface area contributed by atoms with Crippen LogP contribution in [0, 0.1) is 5.92 Å². The molecule has 0 heterocycles. The molecule has 0 saturated heterocycles. The van der Waals surface area contributed by atoms with Crippen molar-refractivity contribution in [2.24, 2.45) is 11.1 Å². The lowest BCUT2D eigenvalue weighted by Gasteiger charge is -2.43. The largest absolute Gasteiger partial charge is 0.404 e. The van der Waals surface area contributed by atoms with Crippen LogP contribution in [0.2, 0.25) is 18.1 Å². The lowest BCUT2D eigenvalue weighted by Crippen LogP contribution is -2.55. The minimum absolute atomic E-state index is 0.0498. The van der Waals surface area contributed by atoms with Crippen molar-refractivity contribution < 1.29 is 18.8 Å². The molecule has 0 bridgehead atoms. The monoisotopic (exact) mass is 329 g/mol. The van der Waals surface area contributed by atoms with Gasteiger partial charge in [-0.15, -0.1) is 0 Å². The van der Waals surface area contributed by atoms with Crippen molar-refractivity contribution in [3.63, 3.8) is 0 Å². The highest BCUT2D eigenvalue weighted by Gasteiger charge is 2.47. The van der Waals surface area contributed by atoms with Gasteiger partial charge in [0.2, 0.25) is 0 Å². The predicted octanol–water partition coefficient (Wildman–Crippen LogP) is 3.39. The number of hydrogen-bond acceptors (Lipinski definition) is 5. The normalized spacial score (nSPS) is 27.9. The van der Waals surface area contributed by atoms with Gasteiger partial charge in [-0.2, -0.15) is 0 Å². The Labute approximate surface area is 135 Å². The molecule has 0 N–H and O–H groups in total. The number of carbonyl (C=O) groups excluding carboxylic acids is 1. The van der Waals surface area contributed by atoms with Crippen LogP contribution in [0.5, 0.6) is 0 Å². The molecule has 1 aliphatic rings. The van der Waals surface area contributed by atoms with Gasteiger partial charge in [-0.25, -0.2) is 0 Å². The zero-order valence-electron chi connectivity index (χ0n) is 15.2. The number of nitrogens with zero attached hydrogens (tertiary/aromatic N) is 1. The summed E-state index contributed by atoms with van der Waals surface area (Å²) >= 11 is 0. The van der Waals surface area contributed by atoms with Crippen molar-refractivity contribution >= 4 is 19.8 Å². The molecular formula is C16H31NO4Si. The summed E-state index contributed by atoms with van der Waals surface area (Å²) in [5.74, 6) is 0.190. The third-order valence-electron chi connectivity index (χ3n) is 4.99. The molecule has 22 heavy (non-hydrogen) atoms. The first-order valence-electron chi connectivity index (χ1n) is 7.86. The molecule has 0 aromatic carbocycles. The minimum atomic E-state index is -2.05. The first-order valence-corrected chi connectivity index (χ1v) is 10.8. The van der Waals surface area contributed by atoms with Crippen LogP contribution in [0.15, 0.2) is 5.16 Å². The van der Waals surface area contributed by atoms with Gasteiger partial charge in [0.1, 0.15) is 13.2 Å². The number of oxime groups is 1. The topological polar surface area (TPSA) is 57.1 Å². The highest BCUT2D eigenvalue weighted by Crippen LogP contribution is 2.40. The molecule has 5 nitrogen and oxygen atoms in total. The van der Waals surface area contributed by atoms with E-state index in [1.54, 1.807) is 7.11 Å². The molecule has 0 aliphatic heterocycles. The van der Waals surface area contributed by atoms with Crippen LogP contribution < -0.4 is 0 Å². The van der Waals surface area contributed by atoms with E-state index in [0.29, 0.717) is 6.42 Å². The molecule has 0 aromatic rings. The second kappa shape index (κ2) is 7.23. The van der Waals surface area contributed by atoms with Crippen LogP contribution in [-0.4, -0.2) is 46.2 Å². The quantitative estimate of drug-likeness (QED) is 0.441. The Morgan fingerprint density at radius 2 is 1.86 bits per heavy atom. The highest BCUT2D eigenvalue weighted by molar-refractivity contribution is 6.74. The maximum absolute atomic E-state index is 12.4. The Hall–Kier alpha value is -0.723. The van der Waals surface area contributed by atoms with E-state index in [0.717, 1.165) is 12.1 Å². The first kappa shape index (κ1) is 19.3. The van der Waals surface area contributed by atoms with Crippen molar-refractivity contribution in [3.05, 3.63) is 0 Å². The predicted molar refractivity (Wildman–Crippen MR) is 90.7 cm³/mol. The zero-order valence-corrected chi connectivity index (χ0v) is 16.2. The van der Waals surface area contributed by atoms with Crippen LogP contribution in [0.1, 0.15) is 40.5 Å². The molecule has 1 rings (SSSR count). The van der Waals surface area contributed by atoms with Gasteiger partial charge in [-0.1, -0.05) is 25.9 Å². The molecule has 1 saturated carbocycles. The van der Waals surface area contributed by atoms with Crippen molar-refractivity contribution in [3.8, 4) is 0 Å². The summed E-state index contributed by atoms with van der Waals surface area (Å²) < 4.78 is 12.0. The standard InChI is InChI=1S/C16H31NO4Si/c1-11(17-20-6)12-9-10-13(18)15(14(12)19-5)21-22(7,8)16(2,3)4/h12,14-15H,9-10H2,1-8H3/b17-11-/t12-,14-,15+/m1/s1. The van der Waals surface area contributed by atoms with Gasteiger partial charge in [0.25, 0.3) is 0 Å². The van der Waals surface area contributed by atoms with E-state index >= 15 is 0 Å². The lowest BCUT2D eigenvalue weighted by atomic mass is 9.81. The number of rotatable bonds is 5. The Morgan fingerprint density at radius 3 is 2.32 bits per heavy atom. The van der Waals surface area contributed by atoms with Crippen LogP contribution in [0.4, 0.5) is 0 Å². The van der Waals surface area contributed by atoms with E-state index in [-0.39, 0.29) is 22.8 Å². The molecule has 1 fully saturated rings. The maximum Gasteiger partial charge on any atom is 0.193 e. The van der Waals surface area contributed by atoms with Gasteiger partial charge in [0, 0.05) is 19.4 Å². The summed E-state index contributed by atoms with van der Waals surface area (Å²) in [6.45, 7) is 12.7. The van der Waals surface area contributed by atoms with Crippen LogP contribution in [-0.2, 0) is 18.8 Å². The number of ketones is 1. The summed E-state index contributed by atoms with van der Waals surface area (Å²) in [4.78, 5) is 17.3. The third kappa shape index (κ3) is 4.17. The molecule has 3 atom stereocenters. The Morgan fingerprint density at radius 1 is 1.27 bits per heavy atom. The number of methoxy groups -OCH3 is 1. The average molecular weight is 330 g/mol. The Bertz CT molecular complexity index is 428. The van der Waals surface area contributed by atoms with Crippen LogP contribution in [0.25, 0.3) is 0 Å². The second-order valence-corrected chi connectivity index (χ2v) is 12.3. The maximum atomic E-state index is 12.4. The first-order chi connectivity index (χ1) is 10.0. The fourth-order valence-corrected chi connectivity index (χ4v) is 3.83. The van der Waals surface area contributed by atoms with E-state index in [2.05, 4.69) is 39.0 Å². The van der Waals surface area contributed by atoms with E-state index in [1.807, 2.05) is 6.92 Å². The number of ether oxygens (including phenoxy) is 1. The van der Waals surface area contributed by atoms with E-state index in [4.69, 9.17) is 14.0 Å². The molecule has 0 amide bonds. The van der Waals surface area contributed by atoms with Crippen LogP contribution >= 0.6 is 0 Å². The average Bonchev–Trinajstić information content (AvgIpc) is 2.39. The number of hydrogen-bond donors (Lipinski definition) is 0. The fraction of sp³-hybridized carbons (Fsp3) is 0.875. The van der Waals surface area contributed by atoms with Crippen LogP contribution in [0.3, 0.4) is 0 Å². The SMILES string of the molecule is CO/N=C(/C)[C@H]1CCC(=O)[C@H](O[Si](C)(C)C(C)(C)C)[C@@H]1OC. The van der Waals surface area contributed by atoms with Gasteiger partial charge in [0.05, 0.1) is 11.8 Å². The molecular weight excluding hydrogens is 298 g/mol. The Balaban J connectivity index is 3.04. The van der Waals surface area contributed by atoms with Crippen molar-refractivity contribution in [2.45, 2.75) is 70.9 Å². The molecule has 0 unspecified atom stereocenters. The van der Waals surface area contributed by atoms with Crippen molar-refractivity contribution in [1.29, 1.82) is 0 Å². The third-order valence-corrected chi connectivity index (χ3v) is 9.44. The van der Waals surface area contributed by atoms with E-state index in [1.165, 1.54) is 7.11 Å². The van der Waals surface area contributed by atoms with Gasteiger partial charge in [0.15, 0.2) is 14.1 Å². The molecule has 0 aromatic heterocycles. The number of carbonyl (C=O) groups is 1. The lowest BCUT2D eigenvalue weighted by molar-refractivity contribution is -0.139. The fourth-order valence-electron chi connectivity index (χ4n) is 2.57. The van der Waals surface area contributed by atoms with Gasteiger partial charge in [-0.05, 0) is 31.5 Å². The molecule has 0 radical (unpaired) electrons. The molecule has 1 aliphatic carbocycles. The minimum Gasteiger partial charge on any atom is -0.404 e. The zero-order chi connectivity index (χ0) is 17.1.